The molecule has 0 aromatic heterocycles. The molecule has 0 spiro atoms. The fourth-order valence-electron chi connectivity index (χ4n) is 1.12. The zero-order valence-corrected chi connectivity index (χ0v) is 9.96. The van der Waals surface area contributed by atoms with Crippen molar-refractivity contribution >= 4 is 6.29 Å². The lowest BCUT2D eigenvalue weighted by molar-refractivity contribution is 0.112. The van der Waals surface area contributed by atoms with Gasteiger partial charge in [0.2, 0.25) is 0 Å². The number of aryl methyl sites for hydroxylation is 1. The van der Waals surface area contributed by atoms with Crippen molar-refractivity contribution in [3.8, 4) is 11.5 Å². The number of methoxy groups -OCH3 is 2. The summed E-state index contributed by atoms with van der Waals surface area (Å²) < 4.78 is 10.1. The van der Waals surface area contributed by atoms with E-state index in [1.807, 2.05) is 20.8 Å². The first-order valence-corrected chi connectivity index (χ1v) is 4.90. The van der Waals surface area contributed by atoms with E-state index < -0.39 is 0 Å². The number of aldehydes is 1. The summed E-state index contributed by atoms with van der Waals surface area (Å²) in [6, 6.07) is 3.45. The van der Waals surface area contributed by atoms with Crippen LogP contribution in [0.25, 0.3) is 0 Å². The molecule has 0 amide bonds. The summed E-state index contributed by atoms with van der Waals surface area (Å²) in [6.07, 6.45) is 0.803. The Morgan fingerprint density at radius 3 is 1.93 bits per heavy atom. The Bertz CT molecular complexity index is 319. The third kappa shape index (κ3) is 3.27. The number of benzene rings is 1. The molecule has 0 fully saturated rings. The zero-order valence-electron chi connectivity index (χ0n) is 9.96. The van der Waals surface area contributed by atoms with Crippen LogP contribution in [0.15, 0.2) is 12.1 Å². The van der Waals surface area contributed by atoms with Gasteiger partial charge in [0.05, 0.1) is 14.2 Å². The molecule has 0 bridgehead atoms. The minimum Gasteiger partial charge on any atom is -0.493 e. The Morgan fingerprint density at radius 2 is 1.53 bits per heavy atom. The molecular formula is C12H18O3. The predicted molar refractivity (Wildman–Crippen MR) is 61.0 cm³/mol. The lowest BCUT2D eigenvalue weighted by atomic mass is 10.1. The molecule has 0 saturated heterocycles. The van der Waals surface area contributed by atoms with Crippen LogP contribution in [0.5, 0.6) is 11.5 Å². The van der Waals surface area contributed by atoms with Crippen molar-refractivity contribution in [2.24, 2.45) is 0 Å². The molecule has 84 valence electrons. The van der Waals surface area contributed by atoms with E-state index in [4.69, 9.17) is 9.47 Å². The van der Waals surface area contributed by atoms with Crippen LogP contribution in [0, 0.1) is 6.92 Å². The van der Waals surface area contributed by atoms with Gasteiger partial charge < -0.3 is 9.47 Å². The summed E-state index contributed by atoms with van der Waals surface area (Å²) in [5.74, 6) is 1.22. The molecule has 1 aromatic carbocycles. The SMILES string of the molecule is CC.COc1cc(C)c(C=O)cc1OC. The molecule has 1 aromatic rings. The molecular weight excluding hydrogens is 192 g/mol. The van der Waals surface area contributed by atoms with E-state index in [-0.39, 0.29) is 0 Å². The van der Waals surface area contributed by atoms with Gasteiger partial charge in [-0.25, -0.2) is 0 Å². The summed E-state index contributed by atoms with van der Waals surface area (Å²) in [5, 5.41) is 0. The van der Waals surface area contributed by atoms with Crippen LogP contribution in [-0.2, 0) is 0 Å². The van der Waals surface area contributed by atoms with E-state index in [0.29, 0.717) is 17.1 Å². The smallest absolute Gasteiger partial charge is 0.161 e. The van der Waals surface area contributed by atoms with Crippen LogP contribution in [0.2, 0.25) is 0 Å². The molecule has 0 radical (unpaired) electrons. The Kier molecular flexibility index (Phi) is 6.18. The first-order valence-electron chi connectivity index (χ1n) is 4.90. The molecule has 0 atom stereocenters. The first kappa shape index (κ1) is 13.5. The van der Waals surface area contributed by atoms with Gasteiger partial charge in [0.25, 0.3) is 0 Å². The summed E-state index contributed by atoms with van der Waals surface area (Å²) in [5.41, 5.74) is 1.50. The number of hydrogen-bond acceptors (Lipinski definition) is 3. The minimum atomic E-state index is 0.579. The topological polar surface area (TPSA) is 35.5 Å². The van der Waals surface area contributed by atoms with Gasteiger partial charge in [0.15, 0.2) is 11.5 Å². The summed E-state index contributed by atoms with van der Waals surface area (Å²) in [4.78, 5) is 10.6. The monoisotopic (exact) mass is 210 g/mol. The lowest BCUT2D eigenvalue weighted by Gasteiger charge is -2.09. The largest absolute Gasteiger partial charge is 0.493 e. The molecule has 3 nitrogen and oxygen atoms in total. The summed E-state index contributed by atoms with van der Waals surface area (Å²) in [7, 11) is 3.11. The highest BCUT2D eigenvalue weighted by molar-refractivity contribution is 5.79. The molecule has 0 aliphatic rings. The van der Waals surface area contributed by atoms with Crippen LogP contribution >= 0.6 is 0 Å². The van der Waals surface area contributed by atoms with E-state index in [2.05, 4.69) is 0 Å². The van der Waals surface area contributed by atoms with Crippen LogP contribution in [0.3, 0.4) is 0 Å². The second-order valence-corrected chi connectivity index (χ2v) is 2.68. The maximum Gasteiger partial charge on any atom is 0.161 e. The average molecular weight is 210 g/mol. The van der Waals surface area contributed by atoms with Crippen molar-refractivity contribution in [3.05, 3.63) is 23.3 Å². The lowest BCUT2D eigenvalue weighted by Crippen LogP contribution is -1.94. The molecule has 0 unspecified atom stereocenters. The van der Waals surface area contributed by atoms with Gasteiger partial charge >= 0.3 is 0 Å². The van der Waals surface area contributed by atoms with E-state index in [0.717, 1.165) is 11.8 Å². The molecule has 0 heterocycles. The first-order chi connectivity index (χ1) is 7.22. The Hall–Kier alpha value is -1.51. The van der Waals surface area contributed by atoms with E-state index in [1.165, 1.54) is 0 Å². The van der Waals surface area contributed by atoms with Gasteiger partial charge in [-0.15, -0.1) is 0 Å². The van der Waals surface area contributed by atoms with Crippen LogP contribution in [0.4, 0.5) is 0 Å². The maximum atomic E-state index is 10.6. The van der Waals surface area contributed by atoms with Crippen molar-refractivity contribution in [2.75, 3.05) is 14.2 Å². The normalized spacial score (nSPS) is 8.60. The third-order valence-electron chi connectivity index (χ3n) is 1.90. The van der Waals surface area contributed by atoms with Gasteiger partial charge in [0.1, 0.15) is 6.29 Å². The molecule has 0 aliphatic heterocycles. The third-order valence-corrected chi connectivity index (χ3v) is 1.90. The van der Waals surface area contributed by atoms with Crippen LogP contribution in [-0.4, -0.2) is 20.5 Å². The molecule has 0 N–H and O–H groups in total. The number of carbonyl (C=O) groups excluding carboxylic acids is 1. The summed E-state index contributed by atoms with van der Waals surface area (Å²) >= 11 is 0. The van der Waals surface area contributed by atoms with Crippen LogP contribution in [0.1, 0.15) is 29.8 Å². The molecule has 15 heavy (non-hydrogen) atoms. The van der Waals surface area contributed by atoms with E-state index in [1.54, 1.807) is 26.4 Å². The Balaban J connectivity index is 0.000000921. The number of carbonyl (C=O) groups is 1. The quantitative estimate of drug-likeness (QED) is 0.720. The van der Waals surface area contributed by atoms with Gasteiger partial charge in [-0.1, -0.05) is 13.8 Å². The second kappa shape index (κ2) is 6.87. The minimum absolute atomic E-state index is 0.579. The fourth-order valence-corrected chi connectivity index (χ4v) is 1.12. The predicted octanol–water partition coefficient (Wildman–Crippen LogP) is 2.85. The Labute approximate surface area is 91.0 Å². The average Bonchev–Trinajstić information content (AvgIpc) is 2.31. The highest BCUT2D eigenvalue weighted by Crippen LogP contribution is 2.29. The molecule has 0 aliphatic carbocycles. The Morgan fingerprint density at radius 1 is 1.07 bits per heavy atom. The summed E-state index contributed by atoms with van der Waals surface area (Å²) in [6.45, 7) is 5.85. The van der Waals surface area contributed by atoms with Gasteiger partial charge in [-0.05, 0) is 24.6 Å². The number of hydrogen-bond donors (Lipinski definition) is 0. The number of rotatable bonds is 3. The van der Waals surface area contributed by atoms with Crippen molar-refractivity contribution in [3.63, 3.8) is 0 Å². The number of ether oxygens (including phenoxy) is 2. The van der Waals surface area contributed by atoms with Crippen molar-refractivity contribution < 1.29 is 14.3 Å². The van der Waals surface area contributed by atoms with E-state index >= 15 is 0 Å². The molecule has 1 rings (SSSR count). The van der Waals surface area contributed by atoms with Crippen molar-refractivity contribution in [1.29, 1.82) is 0 Å². The highest BCUT2D eigenvalue weighted by atomic mass is 16.5. The molecule has 3 heteroatoms. The second-order valence-electron chi connectivity index (χ2n) is 2.68. The van der Waals surface area contributed by atoms with Crippen LogP contribution < -0.4 is 9.47 Å². The van der Waals surface area contributed by atoms with E-state index in [9.17, 15) is 4.79 Å². The maximum absolute atomic E-state index is 10.6. The van der Waals surface area contributed by atoms with Crippen molar-refractivity contribution in [2.45, 2.75) is 20.8 Å². The highest BCUT2D eigenvalue weighted by Gasteiger charge is 2.06. The van der Waals surface area contributed by atoms with Gasteiger partial charge in [-0.3, -0.25) is 4.79 Å². The van der Waals surface area contributed by atoms with Gasteiger partial charge in [-0.2, -0.15) is 0 Å². The van der Waals surface area contributed by atoms with Gasteiger partial charge in [0, 0.05) is 5.56 Å². The zero-order chi connectivity index (χ0) is 11.8. The van der Waals surface area contributed by atoms with Crippen molar-refractivity contribution in [1.82, 2.24) is 0 Å². The fraction of sp³-hybridized carbons (Fsp3) is 0.417. The molecule has 0 saturated carbocycles. The standard InChI is InChI=1S/C10H12O3.C2H6/c1-7-4-9(12-2)10(13-3)5-8(7)6-11;1-2/h4-6H,1-3H3;1-2H3.